The largest absolute Gasteiger partial charge is 0.369 e. The smallest absolute Gasteiger partial charge is 0.0677 e. The van der Waals surface area contributed by atoms with Crippen LogP contribution >= 0.6 is 0 Å². The van der Waals surface area contributed by atoms with E-state index in [1.807, 2.05) is 6.07 Å². The third-order valence-corrected chi connectivity index (χ3v) is 3.97. The number of hydrogen-bond donors (Lipinski definition) is 1. The number of rotatable bonds is 3. The molecule has 1 aliphatic rings. The van der Waals surface area contributed by atoms with Crippen molar-refractivity contribution in [2.24, 2.45) is 11.7 Å². The minimum Gasteiger partial charge on any atom is -0.369 e. The molecule has 2 unspecified atom stereocenters. The quantitative estimate of drug-likeness (QED) is 0.890. The molecule has 2 nitrogen and oxygen atoms in total. The zero-order valence-corrected chi connectivity index (χ0v) is 11.9. The average Bonchev–Trinajstić information content (AvgIpc) is 2.48. The molecule has 0 aromatic heterocycles. The molecule has 1 aliphatic heterocycles. The zero-order valence-electron chi connectivity index (χ0n) is 11.9. The van der Waals surface area contributed by atoms with E-state index in [1.54, 1.807) is 0 Å². The second-order valence-electron chi connectivity index (χ2n) is 6.63. The van der Waals surface area contributed by atoms with E-state index in [-0.39, 0.29) is 17.2 Å². The fourth-order valence-corrected chi connectivity index (χ4v) is 3.30. The molecule has 2 rings (SSSR count). The Morgan fingerprint density at radius 3 is 2.33 bits per heavy atom. The molecule has 2 N–H and O–H groups in total. The van der Waals surface area contributed by atoms with Gasteiger partial charge in [-0.15, -0.1) is 0 Å². The highest BCUT2D eigenvalue weighted by Gasteiger charge is 2.47. The van der Waals surface area contributed by atoms with E-state index in [9.17, 15) is 0 Å². The van der Waals surface area contributed by atoms with Gasteiger partial charge in [0.1, 0.15) is 0 Å². The number of benzene rings is 1. The number of hydrogen-bond acceptors (Lipinski definition) is 2. The zero-order chi connectivity index (χ0) is 13.4. The minimum absolute atomic E-state index is 0.0531. The van der Waals surface area contributed by atoms with E-state index < -0.39 is 0 Å². The highest BCUT2D eigenvalue weighted by atomic mass is 16.5. The van der Waals surface area contributed by atoms with Gasteiger partial charge in [-0.2, -0.15) is 0 Å². The van der Waals surface area contributed by atoms with Gasteiger partial charge in [-0.25, -0.2) is 0 Å². The van der Waals surface area contributed by atoms with Crippen molar-refractivity contribution < 1.29 is 4.74 Å². The standard InChI is InChI=1S/C16H25NO/c1-15(2)11-13(16(3,4)18-15)14(17)10-12-8-6-5-7-9-12/h5-9,13-14H,10-11,17H2,1-4H3. The summed E-state index contributed by atoms with van der Waals surface area (Å²) < 4.78 is 6.13. The summed E-state index contributed by atoms with van der Waals surface area (Å²) in [7, 11) is 0. The number of nitrogens with two attached hydrogens (primary N) is 1. The molecule has 100 valence electrons. The predicted molar refractivity (Wildman–Crippen MR) is 75.5 cm³/mol. The van der Waals surface area contributed by atoms with E-state index in [0.717, 1.165) is 12.8 Å². The Morgan fingerprint density at radius 2 is 1.83 bits per heavy atom. The molecule has 0 saturated carbocycles. The Morgan fingerprint density at radius 1 is 1.22 bits per heavy atom. The van der Waals surface area contributed by atoms with E-state index in [1.165, 1.54) is 5.56 Å². The van der Waals surface area contributed by atoms with Crippen LogP contribution in [0.4, 0.5) is 0 Å². The maximum absolute atomic E-state index is 6.43. The SMILES string of the molecule is CC1(C)CC(C(N)Cc2ccccc2)C(C)(C)O1. The normalized spacial score (nSPS) is 27.1. The third-order valence-electron chi connectivity index (χ3n) is 3.97. The van der Waals surface area contributed by atoms with Crippen LogP contribution < -0.4 is 5.73 Å². The van der Waals surface area contributed by atoms with Gasteiger partial charge in [0.2, 0.25) is 0 Å². The van der Waals surface area contributed by atoms with Gasteiger partial charge in [0, 0.05) is 12.0 Å². The van der Waals surface area contributed by atoms with E-state index >= 15 is 0 Å². The highest BCUT2D eigenvalue weighted by molar-refractivity contribution is 5.16. The van der Waals surface area contributed by atoms with Gasteiger partial charge in [-0.05, 0) is 46.1 Å². The molecule has 1 aromatic rings. The van der Waals surface area contributed by atoms with Crippen molar-refractivity contribution in [3.8, 4) is 0 Å². The second kappa shape index (κ2) is 4.67. The molecule has 0 aliphatic carbocycles. The molecule has 2 heteroatoms. The van der Waals surface area contributed by atoms with E-state index in [2.05, 4.69) is 52.0 Å². The predicted octanol–water partition coefficient (Wildman–Crippen LogP) is 3.15. The summed E-state index contributed by atoms with van der Waals surface area (Å²) in [6.07, 6.45) is 1.96. The summed E-state index contributed by atoms with van der Waals surface area (Å²) >= 11 is 0. The maximum Gasteiger partial charge on any atom is 0.0677 e. The number of ether oxygens (including phenoxy) is 1. The molecule has 1 fully saturated rings. The molecule has 0 radical (unpaired) electrons. The summed E-state index contributed by atoms with van der Waals surface area (Å²) in [6.45, 7) is 8.64. The summed E-state index contributed by atoms with van der Waals surface area (Å²) in [6, 6.07) is 10.6. The Hall–Kier alpha value is -0.860. The van der Waals surface area contributed by atoms with Crippen molar-refractivity contribution in [1.82, 2.24) is 0 Å². The van der Waals surface area contributed by atoms with Gasteiger partial charge in [-0.3, -0.25) is 0 Å². The van der Waals surface area contributed by atoms with Gasteiger partial charge >= 0.3 is 0 Å². The topological polar surface area (TPSA) is 35.2 Å². The van der Waals surface area contributed by atoms with Gasteiger partial charge in [0.15, 0.2) is 0 Å². The highest BCUT2D eigenvalue weighted by Crippen LogP contribution is 2.43. The van der Waals surface area contributed by atoms with Crippen LogP contribution in [-0.4, -0.2) is 17.2 Å². The van der Waals surface area contributed by atoms with Crippen molar-refractivity contribution in [1.29, 1.82) is 0 Å². The van der Waals surface area contributed by atoms with E-state index in [0.29, 0.717) is 5.92 Å². The van der Waals surface area contributed by atoms with Crippen molar-refractivity contribution in [3.63, 3.8) is 0 Å². The summed E-state index contributed by atoms with van der Waals surface area (Å²) in [5.74, 6) is 0.410. The molecule has 2 atom stereocenters. The van der Waals surface area contributed by atoms with Crippen LogP contribution in [0.5, 0.6) is 0 Å². The lowest BCUT2D eigenvalue weighted by atomic mass is 9.80. The first-order valence-corrected chi connectivity index (χ1v) is 6.80. The van der Waals surface area contributed by atoms with Crippen molar-refractivity contribution >= 4 is 0 Å². The lowest BCUT2D eigenvalue weighted by Gasteiger charge is -2.31. The molecule has 0 amide bonds. The Bertz CT molecular complexity index is 397. The second-order valence-corrected chi connectivity index (χ2v) is 6.63. The first-order chi connectivity index (χ1) is 8.30. The van der Waals surface area contributed by atoms with Crippen molar-refractivity contribution in [3.05, 3.63) is 35.9 Å². The minimum atomic E-state index is -0.127. The molecule has 18 heavy (non-hydrogen) atoms. The van der Waals surface area contributed by atoms with Crippen LogP contribution in [0.15, 0.2) is 30.3 Å². The van der Waals surface area contributed by atoms with Crippen LogP contribution in [0.1, 0.15) is 39.7 Å². The fraction of sp³-hybridized carbons (Fsp3) is 0.625. The molecule has 1 heterocycles. The summed E-state index contributed by atoms with van der Waals surface area (Å²) in [4.78, 5) is 0. The third kappa shape index (κ3) is 2.93. The first-order valence-electron chi connectivity index (χ1n) is 6.80. The van der Waals surface area contributed by atoms with Crippen molar-refractivity contribution in [2.45, 2.75) is 57.8 Å². The lowest BCUT2D eigenvalue weighted by Crippen LogP contribution is -2.42. The van der Waals surface area contributed by atoms with Gasteiger partial charge in [-0.1, -0.05) is 30.3 Å². The van der Waals surface area contributed by atoms with Gasteiger partial charge in [0.05, 0.1) is 11.2 Å². The van der Waals surface area contributed by atoms with Gasteiger partial charge in [0.25, 0.3) is 0 Å². The van der Waals surface area contributed by atoms with Crippen LogP contribution in [0.2, 0.25) is 0 Å². The molecule has 1 aromatic carbocycles. The molecular formula is C16H25NO. The Kier molecular flexibility index (Phi) is 3.52. The lowest BCUT2D eigenvalue weighted by molar-refractivity contribution is -0.0765. The van der Waals surface area contributed by atoms with Crippen molar-refractivity contribution in [2.75, 3.05) is 0 Å². The summed E-state index contributed by atoms with van der Waals surface area (Å²) in [5.41, 5.74) is 7.56. The van der Waals surface area contributed by atoms with Crippen LogP contribution in [0, 0.1) is 5.92 Å². The fourth-order valence-electron chi connectivity index (χ4n) is 3.30. The Balaban J connectivity index is 2.08. The Labute approximate surface area is 111 Å². The van der Waals surface area contributed by atoms with Crippen LogP contribution in [-0.2, 0) is 11.2 Å². The molecule has 1 saturated heterocycles. The summed E-state index contributed by atoms with van der Waals surface area (Å²) in [5, 5.41) is 0. The maximum atomic E-state index is 6.43. The monoisotopic (exact) mass is 247 g/mol. The molecular weight excluding hydrogens is 222 g/mol. The van der Waals surface area contributed by atoms with Gasteiger partial charge < -0.3 is 10.5 Å². The average molecular weight is 247 g/mol. The first kappa shape index (κ1) is 13.6. The van der Waals surface area contributed by atoms with Crippen LogP contribution in [0.3, 0.4) is 0 Å². The molecule has 0 spiro atoms. The molecule has 0 bridgehead atoms. The van der Waals surface area contributed by atoms with Crippen LogP contribution in [0.25, 0.3) is 0 Å². The van der Waals surface area contributed by atoms with E-state index in [4.69, 9.17) is 10.5 Å².